The predicted molar refractivity (Wildman–Crippen MR) is 78.9 cm³/mol. The fourth-order valence-electron chi connectivity index (χ4n) is 1.49. The first-order valence-corrected chi connectivity index (χ1v) is 8.16. The summed E-state index contributed by atoms with van der Waals surface area (Å²) in [5.74, 6) is 0.157. The molecule has 0 bridgehead atoms. The van der Waals surface area contributed by atoms with Crippen LogP contribution in [-0.4, -0.2) is 36.3 Å². The van der Waals surface area contributed by atoms with Gasteiger partial charge in [0.05, 0.1) is 12.2 Å². The maximum absolute atomic E-state index is 11.8. The number of aromatic amines is 2. The maximum Gasteiger partial charge on any atom is 1.00 e. The third-order valence-electron chi connectivity index (χ3n) is 2.48. The Morgan fingerprint density at radius 3 is 2.54 bits per heavy atom. The summed E-state index contributed by atoms with van der Waals surface area (Å²) in [4.78, 5) is 40.5. The van der Waals surface area contributed by atoms with Gasteiger partial charge < -0.3 is 30.2 Å². The number of nitrogen functional groups attached to an aromatic ring is 1. The van der Waals surface area contributed by atoms with Gasteiger partial charge in [0.2, 0.25) is 5.95 Å². The smallest absolute Gasteiger partial charge is 0.777 e. The van der Waals surface area contributed by atoms with Crippen LogP contribution in [0.1, 0.15) is 19.3 Å². The van der Waals surface area contributed by atoms with E-state index in [1.807, 2.05) is 0 Å². The van der Waals surface area contributed by atoms with E-state index in [1.165, 1.54) is 6.33 Å². The zero-order chi connectivity index (χ0) is 17.5. The van der Waals surface area contributed by atoms with Crippen LogP contribution in [0.5, 0.6) is 0 Å². The second-order valence-electron chi connectivity index (χ2n) is 4.37. The Kier molecular flexibility index (Phi) is 10.2. The molecule has 0 aliphatic heterocycles. The number of imidazole rings is 1. The summed E-state index contributed by atoms with van der Waals surface area (Å²) in [6, 6.07) is 0. The molecule has 0 fully saturated rings. The van der Waals surface area contributed by atoms with Crippen molar-refractivity contribution in [2.75, 3.05) is 12.1 Å². The molecule has 0 radical (unpaired) electrons. The van der Waals surface area contributed by atoms with Crippen molar-refractivity contribution >= 4 is 24.7 Å². The maximum atomic E-state index is 11.8. The number of nitrogens with one attached hydrogen (secondary N) is 2. The minimum Gasteiger partial charge on any atom is -0.777 e. The van der Waals surface area contributed by atoms with E-state index in [0.29, 0.717) is 17.6 Å². The van der Waals surface area contributed by atoms with Crippen molar-refractivity contribution < 1.29 is 53.4 Å². The van der Waals surface area contributed by atoms with E-state index in [2.05, 4.69) is 19.9 Å². The van der Waals surface area contributed by atoms with Crippen molar-refractivity contribution in [3.8, 4) is 0 Å². The molecule has 0 spiro atoms. The Balaban J connectivity index is 0.000000353. The van der Waals surface area contributed by atoms with E-state index in [0.717, 1.165) is 12.8 Å². The number of halogens is 1. The monoisotopic (exact) mass is 371 g/mol. The molecule has 3 rings (SSSR count). The summed E-state index contributed by atoms with van der Waals surface area (Å²) in [5, 5.41) is 7.58. The van der Waals surface area contributed by atoms with Crippen LogP contribution < -0.4 is 45.7 Å². The summed E-state index contributed by atoms with van der Waals surface area (Å²) >= 11 is 0. The normalized spacial score (nSPS) is 15.1. The van der Waals surface area contributed by atoms with Gasteiger partial charge in [-0.2, -0.15) is 4.98 Å². The largest absolute Gasteiger partial charge is 1.00 e. The van der Waals surface area contributed by atoms with E-state index < -0.39 is 13.9 Å². The Morgan fingerprint density at radius 2 is 2.12 bits per heavy atom. The molecule has 24 heavy (non-hydrogen) atoms. The van der Waals surface area contributed by atoms with Crippen LogP contribution in [0.4, 0.5) is 10.3 Å². The van der Waals surface area contributed by atoms with Crippen molar-refractivity contribution in [1.82, 2.24) is 19.9 Å². The summed E-state index contributed by atoms with van der Waals surface area (Å²) < 4.78 is 21.1. The van der Waals surface area contributed by atoms with Crippen LogP contribution in [0.3, 0.4) is 0 Å². The van der Waals surface area contributed by atoms with Crippen molar-refractivity contribution in [2.45, 2.75) is 19.3 Å². The number of hydrogen-bond acceptors (Lipinski definition) is 7. The second kappa shape index (κ2) is 10.7. The Hall–Kier alpha value is -1.07. The zero-order valence-electron chi connectivity index (χ0n) is 12.9. The minimum absolute atomic E-state index is 0. The Morgan fingerprint density at radius 1 is 1.50 bits per heavy atom. The van der Waals surface area contributed by atoms with Crippen molar-refractivity contribution in [3.05, 3.63) is 28.6 Å². The van der Waals surface area contributed by atoms with Gasteiger partial charge in [-0.05, 0) is 19.3 Å². The second-order valence-corrected chi connectivity index (χ2v) is 5.93. The van der Waals surface area contributed by atoms with Crippen LogP contribution >= 0.6 is 7.60 Å². The molecule has 6 N–H and O–H groups in total. The molecule has 0 amide bonds. The number of aliphatic hydroxyl groups is 1. The molecule has 0 aromatic carbocycles. The minimum atomic E-state index is -4.34. The van der Waals surface area contributed by atoms with Gasteiger partial charge in [0.25, 0.3) is 5.56 Å². The molecule has 10 nitrogen and oxygen atoms in total. The molecule has 1 unspecified atom stereocenters. The van der Waals surface area contributed by atoms with Gasteiger partial charge in [-0.3, -0.25) is 9.78 Å². The van der Waals surface area contributed by atoms with Gasteiger partial charge in [-0.15, -0.1) is 0 Å². The molecular weight excluding hydrogens is 355 g/mol. The third kappa shape index (κ3) is 8.69. The van der Waals surface area contributed by atoms with Gasteiger partial charge in [0, 0.05) is 0 Å². The zero-order valence-corrected chi connectivity index (χ0v) is 15.8. The first-order chi connectivity index (χ1) is 10.7. The van der Waals surface area contributed by atoms with E-state index in [4.69, 9.17) is 15.7 Å². The average Bonchev–Trinajstić information content (AvgIpc) is 3.10. The first-order valence-electron chi connectivity index (χ1n) is 6.40. The standard InChI is InChI=1S/C5H7F.C5H5N5O.CH5O4P.Na/c6-5-3-1-2-4-5;6-5-9-3-2(4(11)10-5)7-1-8-3;2-1-6(3,4)5;/h3H,1-2,4H2;1H,(H4,6,7,8,9,10,11);2H,1H2,(H2,3,4,5);/q;;;+1/p-1. The van der Waals surface area contributed by atoms with Crippen LogP contribution in [0.25, 0.3) is 11.2 Å². The van der Waals surface area contributed by atoms with E-state index >= 15 is 0 Å². The van der Waals surface area contributed by atoms with E-state index in [9.17, 15) is 18.6 Å². The summed E-state index contributed by atoms with van der Waals surface area (Å²) in [6.45, 7) is 0. The Labute approximate surface area is 157 Å². The molecule has 2 aromatic heterocycles. The molecule has 128 valence electrons. The molecule has 2 aromatic rings. The number of hydrogen-bond donors (Lipinski definition) is 5. The number of rotatable bonds is 1. The van der Waals surface area contributed by atoms with E-state index in [-0.39, 0.29) is 46.9 Å². The molecular formula is C11H16FN5NaO5P. The third-order valence-corrected chi connectivity index (χ3v) is 2.84. The van der Waals surface area contributed by atoms with Crippen molar-refractivity contribution in [1.29, 1.82) is 0 Å². The van der Waals surface area contributed by atoms with Gasteiger partial charge >= 0.3 is 29.6 Å². The number of anilines is 1. The van der Waals surface area contributed by atoms with Crippen molar-refractivity contribution in [3.63, 3.8) is 0 Å². The topological polar surface area (TPSA) is 181 Å². The Bertz CT molecular complexity index is 773. The average molecular weight is 371 g/mol. The van der Waals surface area contributed by atoms with Gasteiger partial charge in [-0.1, -0.05) is 6.08 Å². The summed E-state index contributed by atoms with van der Waals surface area (Å²) in [7, 11) is -4.34. The number of allylic oxidation sites excluding steroid dienone is 2. The molecule has 1 aliphatic rings. The molecule has 0 saturated carbocycles. The van der Waals surface area contributed by atoms with Gasteiger partial charge in [0.15, 0.2) is 18.8 Å². The number of H-pyrrole nitrogens is 2. The number of aromatic nitrogens is 4. The van der Waals surface area contributed by atoms with Crippen molar-refractivity contribution in [2.24, 2.45) is 0 Å². The number of aliphatic hydroxyl groups excluding tert-OH is 1. The number of nitrogens with two attached hydrogens (primary N) is 1. The molecule has 13 heteroatoms. The molecule has 1 atom stereocenters. The van der Waals surface area contributed by atoms with Crippen LogP contribution in [0.2, 0.25) is 0 Å². The van der Waals surface area contributed by atoms with E-state index in [1.54, 1.807) is 6.08 Å². The van der Waals surface area contributed by atoms with Gasteiger partial charge in [-0.25, -0.2) is 9.37 Å². The van der Waals surface area contributed by atoms with Crippen LogP contribution in [0.15, 0.2) is 23.0 Å². The molecule has 2 heterocycles. The van der Waals surface area contributed by atoms with Crippen LogP contribution in [-0.2, 0) is 4.57 Å². The predicted octanol–water partition coefficient (Wildman–Crippen LogP) is -3.26. The quantitative estimate of drug-likeness (QED) is 0.256. The summed E-state index contributed by atoms with van der Waals surface area (Å²) in [6.07, 6.45) is 4.52. The fourth-order valence-corrected chi connectivity index (χ4v) is 1.49. The summed E-state index contributed by atoms with van der Waals surface area (Å²) in [5.41, 5.74) is 5.65. The van der Waals surface area contributed by atoms with Gasteiger partial charge in [0.1, 0.15) is 6.35 Å². The fraction of sp³-hybridized carbons (Fsp3) is 0.364. The SMILES string of the molecule is FC1=CCCC1.Nc1nc2nc[nH]c2c(=O)[nH]1.O=P([O-])(O)CO.[Na+]. The first kappa shape index (κ1) is 22.9. The molecule has 0 saturated heterocycles. The number of nitrogens with zero attached hydrogens (tertiary/aromatic N) is 2. The van der Waals surface area contributed by atoms with Crippen LogP contribution in [0, 0.1) is 0 Å². The number of fused-ring (bicyclic) bond motifs is 1. The molecule has 1 aliphatic carbocycles.